The summed E-state index contributed by atoms with van der Waals surface area (Å²) in [7, 11) is 0. The summed E-state index contributed by atoms with van der Waals surface area (Å²) >= 11 is 0. The van der Waals surface area contributed by atoms with E-state index >= 15 is 0 Å². The quantitative estimate of drug-likeness (QED) is 0.0927. The van der Waals surface area contributed by atoms with E-state index < -0.39 is 48.7 Å². The molecule has 1 atom stereocenters. The van der Waals surface area contributed by atoms with Crippen molar-refractivity contribution < 1.29 is 68.9 Å². The van der Waals surface area contributed by atoms with Gasteiger partial charge in [0.2, 0.25) is 0 Å². The molecule has 0 saturated carbocycles. The number of aliphatic hydroxyl groups excluding tert-OH is 2. The van der Waals surface area contributed by atoms with Crippen molar-refractivity contribution >= 4 is 35.8 Å². The fraction of sp³-hybridized carbons (Fsp3) is 0.462. The maximum atomic E-state index is 11.1. The van der Waals surface area contributed by atoms with E-state index in [0.29, 0.717) is 17.6 Å². The van der Waals surface area contributed by atoms with Crippen LogP contribution >= 0.6 is 0 Å². The molecule has 0 rings (SSSR count). The third-order valence-electron chi connectivity index (χ3n) is 3.66. The van der Waals surface area contributed by atoms with Crippen LogP contribution in [0.1, 0.15) is 52.9 Å². The molecule has 0 aromatic carbocycles. The van der Waals surface area contributed by atoms with Gasteiger partial charge >= 0.3 is 35.8 Å². The summed E-state index contributed by atoms with van der Waals surface area (Å²) in [6.45, 7) is 18.4. The minimum atomic E-state index is -1.27. The van der Waals surface area contributed by atoms with Gasteiger partial charge < -0.3 is 40.1 Å². The Morgan fingerprint density at radius 1 is 0.675 bits per heavy atom. The molecule has 0 bridgehead atoms. The Morgan fingerprint density at radius 2 is 1.02 bits per heavy atom. The van der Waals surface area contributed by atoms with Gasteiger partial charge in [-0.25, -0.2) is 19.2 Å². The molecule has 0 aliphatic heterocycles. The molecule has 0 radical (unpaired) electrons. The molecular formula is C26H40O14. The summed E-state index contributed by atoms with van der Waals surface area (Å²) in [6.07, 6.45) is 0.581. The van der Waals surface area contributed by atoms with Crippen LogP contribution in [0.3, 0.4) is 0 Å². The molecule has 0 spiro atoms. The molecule has 0 heterocycles. The average molecular weight is 577 g/mol. The number of carbonyl (C=O) groups excluding carboxylic acids is 2. The highest BCUT2D eigenvalue weighted by Gasteiger charge is 2.11. The van der Waals surface area contributed by atoms with Crippen LogP contribution in [0.25, 0.3) is 0 Å². The number of aliphatic hydroxyl groups is 2. The van der Waals surface area contributed by atoms with E-state index in [0.717, 1.165) is 12.8 Å². The van der Waals surface area contributed by atoms with Crippen LogP contribution in [-0.2, 0) is 38.2 Å². The lowest BCUT2D eigenvalue weighted by molar-refractivity contribution is -0.145. The summed E-state index contributed by atoms with van der Waals surface area (Å²) in [5.41, 5.74) is 0.0994. The topological polar surface area (TPSA) is 242 Å². The van der Waals surface area contributed by atoms with Crippen LogP contribution < -0.4 is 0 Å². The van der Waals surface area contributed by atoms with E-state index in [1.807, 2.05) is 0 Å². The number of hydrogen-bond donors (Lipinski definition) is 6. The number of carboxylic acid groups (broad SMARTS) is 4. The van der Waals surface area contributed by atoms with Crippen LogP contribution in [0, 0.1) is 0 Å². The van der Waals surface area contributed by atoms with Gasteiger partial charge in [0.25, 0.3) is 0 Å². The van der Waals surface area contributed by atoms with Crippen LogP contribution in [0.5, 0.6) is 0 Å². The first-order valence-corrected chi connectivity index (χ1v) is 11.5. The van der Waals surface area contributed by atoms with Gasteiger partial charge in [0.05, 0.1) is 19.4 Å². The number of rotatable bonds is 15. The minimum Gasteiger partial charge on any atom is -0.481 e. The maximum Gasteiger partial charge on any atom is 0.333 e. The SMILES string of the molecule is C=C(C)C(=O)OCCC(C)OC(=O)C(=C)C.C=C(CC(=O)O)C(=O)O.C=C(CC(=O)O)C(=O)O.OCCCCO. The highest BCUT2D eigenvalue weighted by Crippen LogP contribution is 2.03. The number of unbranched alkanes of at least 4 members (excludes halogenated alkanes) is 1. The van der Waals surface area contributed by atoms with Crippen molar-refractivity contribution in [2.24, 2.45) is 0 Å². The van der Waals surface area contributed by atoms with Crippen molar-refractivity contribution in [3.8, 4) is 0 Å². The zero-order chi connectivity index (χ0) is 32.4. The Labute approximate surface area is 232 Å². The molecule has 0 saturated heterocycles. The molecule has 0 fully saturated rings. The van der Waals surface area contributed by atoms with Crippen LogP contribution in [0.15, 0.2) is 48.6 Å². The van der Waals surface area contributed by atoms with Crippen molar-refractivity contribution in [2.75, 3.05) is 19.8 Å². The lowest BCUT2D eigenvalue weighted by Gasteiger charge is -2.13. The fourth-order valence-electron chi connectivity index (χ4n) is 1.52. The van der Waals surface area contributed by atoms with Gasteiger partial charge in [-0.3, -0.25) is 9.59 Å². The molecule has 14 nitrogen and oxygen atoms in total. The molecule has 0 aromatic heterocycles. The Balaban J connectivity index is -0.000000232. The molecule has 6 N–H and O–H groups in total. The van der Waals surface area contributed by atoms with Gasteiger partial charge in [-0.15, -0.1) is 0 Å². The van der Waals surface area contributed by atoms with Crippen molar-refractivity contribution in [2.45, 2.75) is 59.0 Å². The monoisotopic (exact) mass is 576 g/mol. The predicted octanol–water partition coefficient (Wildman–Crippen LogP) is 1.96. The Bertz CT molecular complexity index is 859. The molecule has 1 unspecified atom stereocenters. The van der Waals surface area contributed by atoms with E-state index in [9.17, 15) is 28.8 Å². The number of carboxylic acids is 4. The number of ether oxygens (including phenoxy) is 2. The summed E-state index contributed by atoms with van der Waals surface area (Å²) < 4.78 is 9.87. The lowest BCUT2D eigenvalue weighted by Crippen LogP contribution is -2.18. The van der Waals surface area contributed by atoms with Gasteiger partial charge in [0.1, 0.15) is 6.10 Å². The fourth-order valence-corrected chi connectivity index (χ4v) is 1.52. The summed E-state index contributed by atoms with van der Waals surface area (Å²) in [6, 6.07) is 0. The number of esters is 2. The van der Waals surface area contributed by atoms with Crippen LogP contribution in [-0.4, -0.2) is 92.4 Å². The first kappa shape index (κ1) is 42.8. The molecule has 228 valence electrons. The zero-order valence-corrected chi connectivity index (χ0v) is 23.0. The number of hydrogen-bond acceptors (Lipinski definition) is 10. The Kier molecular flexibility index (Phi) is 28.1. The molecular weight excluding hydrogens is 536 g/mol. The predicted molar refractivity (Wildman–Crippen MR) is 142 cm³/mol. The normalized spacial score (nSPS) is 9.72. The highest BCUT2D eigenvalue weighted by atomic mass is 16.6. The Hall–Kier alpha value is -4.30. The summed E-state index contributed by atoms with van der Waals surface area (Å²) in [5.74, 6) is -5.75. The highest BCUT2D eigenvalue weighted by molar-refractivity contribution is 5.92. The van der Waals surface area contributed by atoms with E-state index in [1.54, 1.807) is 20.8 Å². The first-order valence-electron chi connectivity index (χ1n) is 11.5. The van der Waals surface area contributed by atoms with Crippen molar-refractivity contribution in [3.63, 3.8) is 0 Å². The second-order valence-corrected chi connectivity index (χ2v) is 7.81. The zero-order valence-electron chi connectivity index (χ0n) is 23.0. The molecule has 0 aliphatic carbocycles. The smallest absolute Gasteiger partial charge is 0.333 e. The van der Waals surface area contributed by atoms with Gasteiger partial charge in [-0.05, 0) is 33.6 Å². The second-order valence-electron chi connectivity index (χ2n) is 7.81. The van der Waals surface area contributed by atoms with E-state index in [-0.39, 0.29) is 37.1 Å². The third-order valence-corrected chi connectivity index (χ3v) is 3.66. The van der Waals surface area contributed by atoms with Gasteiger partial charge in [0, 0.05) is 41.9 Å². The number of aliphatic carboxylic acids is 4. The Morgan fingerprint density at radius 3 is 1.25 bits per heavy atom. The lowest BCUT2D eigenvalue weighted by atomic mass is 10.2. The second kappa shape index (κ2) is 26.3. The standard InChI is InChI=1S/C12H18O4.2C5H6O4.C4H10O2/c1-8(2)11(13)15-7-6-10(5)16-12(14)9(3)4;2*1-3(5(8)9)2-4(6)7;5-3-1-2-4-6/h10H,1,3,6-7H2,2,4-5H3;2*1-2H2,(H,6,7)(H,8,9);5-6H,1-4H2. The molecule has 40 heavy (non-hydrogen) atoms. The van der Waals surface area contributed by atoms with Gasteiger partial charge in [-0.2, -0.15) is 0 Å². The van der Waals surface area contributed by atoms with Gasteiger partial charge in [0.15, 0.2) is 0 Å². The minimum absolute atomic E-state index is 0.195. The maximum absolute atomic E-state index is 11.1. The molecule has 0 aliphatic rings. The van der Waals surface area contributed by atoms with Gasteiger partial charge in [-0.1, -0.05) is 26.3 Å². The summed E-state index contributed by atoms with van der Waals surface area (Å²) in [4.78, 5) is 61.4. The molecule has 0 amide bonds. The van der Waals surface area contributed by atoms with Crippen LogP contribution in [0.4, 0.5) is 0 Å². The van der Waals surface area contributed by atoms with E-state index in [4.69, 9.17) is 40.1 Å². The largest absolute Gasteiger partial charge is 0.481 e. The molecule has 0 aromatic rings. The van der Waals surface area contributed by atoms with E-state index in [1.165, 1.54) is 0 Å². The third kappa shape index (κ3) is 33.7. The van der Waals surface area contributed by atoms with Crippen molar-refractivity contribution in [3.05, 3.63) is 48.6 Å². The van der Waals surface area contributed by atoms with Crippen molar-refractivity contribution in [1.82, 2.24) is 0 Å². The first-order chi connectivity index (χ1) is 18.3. The number of carbonyl (C=O) groups is 6. The average Bonchev–Trinajstić information content (AvgIpc) is 2.82. The molecule has 14 heteroatoms. The van der Waals surface area contributed by atoms with Crippen molar-refractivity contribution in [1.29, 1.82) is 0 Å². The van der Waals surface area contributed by atoms with E-state index in [2.05, 4.69) is 26.3 Å². The van der Waals surface area contributed by atoms with Crippen LogP contribution in [0.2, 0.25) is 0 Å². The summed E-state index contributed by atoms with van der Waals surface area (Å²) in [5, 5.41) is 48.3.